The molecular weight excluding hydrogens is 560 g/mol. The van der Waals surface area contributed by atoms with Crippen molar-refractivity contribution in [2.24, 2.45) is 11.8 Å². The topological polar surface area (TPSA) is 94.9 Å². The van der Waals surface area contributed by atoms with Gasteiger partial charge in [-0.3, -0.25) is 9.59 Å². The molecule has 0 saturated carbocycles. The average molecular weight is 593 g/mol. The summed E-state index contributed by atoms with van der Waals surface area (Å²) < 4.78 is 72.2. The maximum Gasteiger partial charge on any atom is 0.505 e. The predicted octanol–water partition coefficient (Wildman–Crippen LogP) is 5.59. The molecule has 0 bridgehead atoms. The van der Waals surface area contributed by atoms with Crippen LogP contribution in [0.5, 0.6) is 17.2 Å². The van der Waals surface area contributed by atoms with Crippen LogP contribution >= 0.6 is 0 Å². The number of ether oxygens (including phenoxy) is 3. The van der Waals surface area contributed by atoms with Gasteiger partial charge in [-0.1, -0.05) is 6.92 Å². The third-order valence-corrected chi connectivity index (χ3v) is 6.71. The number of methoxy groups -OCH3 is 2. The van der Waals surface area contributed by atoms with Crippen LogP contribution in [0, 0.1) is 17.7 Å². The van der Waals surface area contributed by atoms with Crippen molar-refractivity contribution in [1.29, 1.82) is 0 Å². The summed E-state index contributed by atoms with van der Waals surface area (Å²) >= 11 is 0. The molecular formula is C29H32F4N4O5. The predicted molar refractivity (Wildman–Crippen MR) is 146 cm³/mol. The molecule has 2 heterocycles. The summed E-state index contributed by atoms with van der Waals surface area (Å²) in [6, 6.07) is 9.40. The Kier molecular flexibility index (Phi) is 8.42. The molecule has 13 heteroatoms. The van der Waals surface area contributed by atoms with Gasteiger partial charge in [0.25, 0.3) is 0 Å². The van der Waals surface area contributed by atoms with Crippen LogP contribution in [0.15, 0.2) is 42.5 Å². The standard InChI is InChI=1S/C29H32F4N4O5/c1-16-22(15-36(27(16)39)14-17-7-8-20(40-5)12-24(17)41-6)26(38)34-25-13-23(37(35-25)29(31,32)33)18-9-19(30)11-21(10-18)42-28(2,3)4/h7-13,16,22H,14-15H2,1-6H3,(H,34,35,38). The zero-order chi connectivity index (χ0) is 31.0. The Morgan fingerprint density at radius 1 is 1.05 bits per heavy atom. The Labute approximate surface area is 240 Å². The molecule has 0 aliphatic carbocycles. The van der Waals surface area contributed by atoms with Crippen LogP contribution in [0.1, 0.15) is 33.3 Å². The van der Waals surface area contributed by atoms with Gasteiger partial charge in [-0.25, -0.2) is 4.39 Å². The number of hydrogen-bond donors (Lipinski definition) is 1. The zero-order valence-electron chi connectivity index (χ0n) is 24.0. The summed E-state index contributed by atoms with van der Waals surface area (Å²) in [6.45, 7) is 6.93. The molecule has 2 aromatic carbocycles. The van der Waals surface area contributed by atoms with Gasteiger partial charge in [0.1, 0.15) is 28.7 Å². The van der Waals surface area contributed by atoms with Crippen molar-refractivity contribution in [3.8, 4) is 28.5 Å². The highest BCUT2D eigenvalue weighted by Crippen LogP contribution is 2.36. The van der Waals surface area contributed by atoms with E-state index in [2.05, 4.69) is 10.4 Å². The molecule has 1 aliphatic heterocycles. The fourth-order valence-electron chi connectivity index (χ4n) is 4.77. The third-order valence-electron chi connectivity index (χ3n) is 6.71. The number of carbonyl (C=O) groups excluding carboxylic acids is 2. The van der Waals surface area contributed by atoms with Gasteiger partial charge in [0.15, 0.2) is 5.82 Å². The van der Waals surface area contributed by atoms with E-state index >= 15 is 0 Å². The van der Waals surface area contributed by atoms with Crippen LogP contribution in [-0.2, 0) is 22.4 Å². The molecule has 2 atom stereocenters. The first-order chi connectivity index (χ1) is 19.6. The van der Waals surface area contributed by atoms with Crippen molar-refractivity contribution in [3.05, 3.63) is 53.8 Å². The number of aromatic nitrogens is 2. The van der Waals surface area contributed by atoms with Gasteiger partial charge in [0.2, 0.25) is 11.8 Å². The highest BCUT2D eigenvalue weighted by Gasteiger charge is 2.42. The monoisotopic (exact) mass is 592 g/mol. The first-order valence-electron chi connectivity index (χ1n) is 13.1. The SMILES string of the molecule is COc1ccc(CN2CC(C(=O)Nc3cc(-c4cc(F)cc(OC(C)(C)C)c4)n(C(F)(F)F)n3)C(C)C2=O)c(OC)c1. The second kappa shape index (κ2) is 11.5. The minimum atomic E-state index is -4.97. The molecule has 1 fully saturated rings. The number of carbonyl (C=O) groups is 2. The van der Waals surface area contributed by atoms with Crippen molar-refractivity contribution in [3.63, 3.8) is 0 Å². The quantitative estimate of drug-likeness (QED) is 0.343. The minimum absolute atomic E-state index is 0.0323. The lowest BCUT2D eigenvalue weighted by Crippen LogP contribution is -2.29. The van der Waals surface area contributed by atoms with Crippen LogP contribution in [-0.4, -0.2) is 52.9 Å². The van der Waals surface area contributed by atoms with E-state index in [0.717, 1.165) is 18.2 Å². The Morgan fingerprint density at radius 2 is 1.76 bits per heavy atom. The summed E-state index contributed by atoms with van der Waals surface area (Å²) in [4.78, 5) is 27.7. The first-order valence-corrected chi connectivity index (χ1v) is 13.1. The molecule has 4 rings (SSSR count). The van der Waals surface area contributed by atoms with E-state index in [-0.39, 0.29) is 35.0 Å². The highest BCUT2D eigenvalue weighted by atomic mass is 19.4. The molecule has 0 radical (unpaired) electrons. The number of alkyl halides is 3. The lowest BCUT2D eigenvalue weighted by atomic mass is 9.97. The van der Waals surface area contributed by atoms with Crippen LogP contribution in [0.25, 0.3) is 11.3 Å². The summed E-state index contributed by atoms with van der Waals surface area (Å²) in [5, 5.41) is 5.95. The van der Waals surface area contributed by atoms with Gasteiger partial charge >= 0.3 is 6.30 Å². The number of halogens is 4. The number of nitrogens with one attached hydrogen (secondary N) is 1. The van der Waals surface area contributed by atoms with E-state index in [1.165, 1.54) is 25.2 Å². The molecule has 2 unspecified atom stereocenters. The molecule has 1 aromatic heterocycles. The fourth-order valence-corrected chi connectivity index (χ4v) is 4.77. The molecule has 1 N–H and O–H groups in total. The van der Waals surface area contributed by atoms with Crippen LogP contribution in [0.4, 0.5) is 23.4 Å². The van der Waals surface area contributed by atoms with E-state index in [4.69, 9.17) is 14.2 Å². The second-order valence-electron chi connectivity index (χ2n) is 11.0. The smallest absolute Gasteiger partial charge is 0.497 e. The Hall–Kier alpha value is -4.29. The Balaban J connectivity index is 1.57. The number of amides is 2. The zero-order valence-corrected chi connectivity index (χ0v) is 24.0. The summed E-state index contributed by atoms with van der Waals surface area (Å²) in [7, 11) is 3.00. The van der Waals surface area contributed by atoms with E-state index < -0.39 is 47.0 Å². The van der Waals surface area contributed by atoms with Gasteiger partial charge in [-0.05, 0) is 45.0 Å². The number of benzene rings is 2. The molecule has 42 heavy (non-hydrogen) atoms. The Morgan fingerprint density at radius 3 is 2.38 bits per heavy atom. The minimum Gasteiger partial charge on any atom is -0.497 e. The third kappa shape index (κ3) is 6.77. The van der Waals surface area contributed by atoms with Gasteiger partial charge in [0.05, 0.1) is 25.8 Å². The van der Waals surface area contributed by atoms with Crippen molar-refractivity contribution in [1.82, 2.24) is 14.7 Å². The molecule has 2 amide bonds. The van der Waals surface area contributed by atoms with Crippen molar-refractivity contribution >= 4 is 17.6 Å². The lowest BCUT2D eigenvalue weighted by molar-refractivity contribution is -0.210. The number of hydrogen-bond acceptors (Lipinski definition) is 6. The fraction of sp³-hybridized carbons (Fsp3) is 0.414. The van der Waals surface area contributed by atoms with Crippen LogP contribution in [0.3, 0.4) is 0 Å². The number of likely N-dealkylation sites (tertiary alicyclic amines) is 1. The first kappa shape index (κ1) is 30.7. The molecule has 1 saturated heterocycles. The summed E-state index contributed by atoms with van der Waals surface area (Å²) in [5.74, 6) is -2.66. The largest absolute Gasteiger partial charge is 0.505 e. The van der Waals surface area contributed by atoms with Crippen molar-refractivity contribution < 1.29 is 41.4 Å². The van der Waals surface area contributed by atoms with Crippen LogP contribution in [0.2, 0.25) is 0 Å². The number of anilines is 1. The molecule has 0 spiro atoms. The molecule has 1 aliphatic rings. The van der Waals surface area contributed by atoms with Gasteiger partial charge in [-0.2, -0.15) is 4.68 Å². The number of nitrogens with zero attached hydrogens (tertiary/aromatic N) is 3. The van der Waals surface area contributed by atoms with Crippen molar-refractivity contribution in [2.75, 3.05) is 26.1 Å². The summed E-state index contributed by atoms with van der Waals surface area (Å²) in [5.41, 5.74) is -0.683. The van der Waals surface area contributed by atoms with Gasteiger partial charge in [0, 0.05) is 48.3 Å². The average Bonchev–Trinajstić information content (AvgIpc) is 3.44. The molecule has 226 valence electrons. The van der Waals surface area contributed by atoms with E-state index in [1.807, 2.05) is 0 Å². The van der Waals surface area contributed by atoms with E-state index in [1.54, 1.807) is 45.9 Å². The van der Waals surface area contributed by atoms with Gasteiger partial charge < -0.3 is 24.4 Å². The normalized spacial score (nSPS) is 17.4. The second-order valence-corrected chi connectivity index (χ2v) is 11.0. The maximum absolute atomic E-state index is 14.4. The maximum atomic E-state index is 14.4. The van der Waals surface area contributed by atoms with Crippen LogP contribution < -0.4 is 19.5 Å². The number of rotatable bonds is 8. The lowest BCUT2D eigenvalue weighted by Gasteiger charge is -2.22. The van der Waals surface area contributed by atoms with E-state index in [9.17, 15) is 27.2 Å². The van der Waals surface area contributed by atoms with Crippen molar-refractivity contribution in [2.45, 2.75) is 46.1 Å². The molecule has 9 nitrogen and oxygen atoms in total. The molecule has 3 aromatic rings. The van der Waals surface area contributed by atoms with E-state index in [0.29, 0.717) is 17.1 Å². The highest BCUT2D eigenvalue weighted by molar-refractivity contribution is 5.98. The van der Waals surface area contributed by atoms with Gasteiger partial charge in [-0.15, -0.1) is 18.3 Å². The summed E-state index contributed by atoms with van der Waals surface area (Å²) in [6.07, 6.45) is -4.97. The Bertz CT molecular complexity index is 1480.